The maximum absolute atomic E-state index is 14.0. The summed E-state index contributed by atoms with van der Waals surface area (Å²) in [6.45, 7) is 1.97. The average Bonchev–Trinajstić information content (AvgIpc) is 3.07. The SMILES string of the molecule is CO[C@H]1C[C@H](c2nnc(C3CC3c3cccc(F)c3F)o2)N(C(C)=O)C1. The number of aromatic nitrogens is 2. The highest BCUT2D eigenvalue weighted by atomic mass is 19.2. The molecule has 0 spiro atoms. The van der Waals surface area contributed by atoms with Crippen LogP contribution in [0.1, 0.15) is 55.0 Å². The van der Waals surface area contributed by atoms with Crippen molar-refractivity contribution in [1.82, 2.24) is 15.1 Å². The number of nitrogens with zero attached hydrogens (tertiary/aromatic N) is 3. The van der Waals surface area contributed by atoms with Crippen LogP contribution in [0.25, 0.3) is 0 Å². The first-order valence-corrected chi connectivity index (χ1v) is 8.56. The van der Waals surface area contributed by atoms with Crippen LogP contribution in [-0.2, 0) is 9.53 Å². The van der Waals surface area contributed by atoms with Crippen molar-refractivity contribution in [2.75, 3.05) is 13.7 Å². The number of likely N-dealkylation sites (tertiary alicyclic amines) is 1. The fraction of sp³-hybridized carbons (Fsp3) is 0.500. The molecule has 1 aliphatic carbocycles. The Balaban J connectivity index is 1.52. The van der Waals surface area contributed by atoms with E-state index in [1.807, 2.05) is 0 Å². The number of benzene rings is 1. The summed E-state index contributed by atoms with van der Waals surface area (Å²) < 4.78 is 38.5. The van der Waals surface area contributed by atoms with Crippen LogP contribution in [0, 0.1) is 11.6 Å². The van der Waals surface area contributed by atoms with E-state index in [2.05, 4.69) is 10.2 Å². The maximum atomic E-state index is 14.0. The standard InChI is InChI=1S/C18H19F2N3O3/c1-9(24)23-8-10(25-2)6-15(23)18-22-21-17(26-18)13-7-12(13)11-4-3-5-14(19)16(11)20/h3-5,10,12-13,15H,6-8H2,1-2H3/t10-,12?,13?,15+/m0/s1. The van der Waals surface area contributed by atoms with E-state index in [1.54, 1.807) is 18.1 Å². The Bertz CT molecular complexity index is 841. The summed E-state index contributed by atoms with van der Waals surface area (Å²) >= 11 is 0. The zero-order valence-corrected chi connectivity index (χ0v) is 14.5. The molecule has 4 atom stereocenters. The number of methoxy groups -OCH3 is 1. The molecule has 1 saturated heterocycles. The normalized spacial score (nSPS) is 27.8. The van der Waals surface area contributed by atoms with Gasteiger partial charge in [0.25, 0.3) is 0 Å². The Morgan fingerprint density at radius 1 is 1.23 bits per heavy atom. The van der Waals surface area contributed by atoms with Crippen molar-refractivity contribution in [2.24, 2.45) is 0 Å². The monoisotopic (exact) mass is 363 g/mol. The number of halogens is 2. The number of carbonyl (C=O) groups is 1. The molecule has 0 N–H and O–H groups in total. The number of carbonyl (C=O) groups excluding carboxylic acids is 1. The first kappa shape index (κ1) is 17.1. The fourth-order valence-corrected chi connectivity index (χ4v) is 3.70. The molecule has 8 heteroatoms. The summed E-state index contributed by atoms with van der Waals surface area (Å²) in [5, 5.41) is 8.18. The number of ether oxygens (including phenoxy) is 1. The average molecular weight is 363 g/mol. The first-order valence-electron chi connectivity index (χ1n) is 8.56. The van der Waals surface area contributed by atoms with Gasteiger partial charge in [0.1, 0.15) is 6.04 Å². The summed E-state index contributed by atoms with van der Waals surface area (Å²) in [6, 6.07) is 3.86. The van der Waals surface area contributed by atoms with Crippen molar-refractivity contribution in [1.29, 1.82) is 0 Å². The lowest BCUT2D eigenvalue weighted by atomic mass is 10.1. The Morgan fingerprint density at radius 3 is 2.73 bits per heavy atom. The molecule has 0 radical (unpaired) electrons. The third-order valence-electron chi connectivity index (χ3n) is 5.23. The van der Waals surface area contributed by atoms with Crippen molar-refractivity contribution in [3.63, 3.8) is 0 Å². The fourth-order valence-electron chi connectivity index (χ4n) is 3.70. The van der Waals surface area contributed by atoms with Gasteiger partial charge >= 0.3 is 0 Å². The van der Waals surface area contributed by atoms with Gasteiger partial charge in [-0.05, 0) is 24.0 Å². The van der Waals surface area contributed by atoms with E-state index < -0.39 is 11.6 Å². The van der Waals surface area contributed by atoms with E-state index in [-0.39, 0.29) is 29.9 Å². The van der Waals surface area contributed by atoms with Crippen LogP contribution in [0.3, 0.4) is 0 Å². The van der Waals surface area contributed by atoms with Gasteiger partial charge < -0.3 is 14.1 Å². The van der Waals surface area contributed by atoms with Crippen molar-refractivity contribution >= 4 is 5.91 Å². The van der Waals surface area contributed by atoms with Crippen molar-refractivity contribution < 1.29 is 22.7 Å². The summed E-state index contributed by atoms with van der Waals surface area (Å²) in [7, 11) is 1.60. The zero-order valence-electron chi connectivity index (χ0n) is 14.5. The van der Waals surface area contributed by atoms with Gasteiger partial charge in [0.2, 0.25) is 17.7 Å². The van der Waals surface area contributed by atoms with Crippen LogP contribution in [0.5, 0.6) is 0 Å². The molecule has 2 aromatic rings. The van der Waals surface area contributed by atoms with Crippen LogP contribution >= 0.6 is 0 Å². The quantitative estimate of drug-likeness (QED) is 0.835. The summed E-state index contributed by atoms with van der Waals surface area (Å²) in [5.41, 5.74) is 0.334. The van der Waals surface area contributed by atoms with E-state index in [4.69, 9.17) is 9.15 Å². The molecular weight excluding hydrogens is 344 g/mol. The van der Waals surface area contributed by atoms with Gasteiger partial charge in [-0.2, -0.15) is 0 Å². The number of rotatable bonds is 4. The molecule has 2 aliphatic rings. The molecule has 2 unspecified atom stereocenters. The largest absolute Gasteiger partial charge is 0.423 e. The second-order valence-corrected chi connectivity index (χ2v) is 6.85. The molecule has 1 aromatic carbocycles. The number of hydrogen-bond donors (Lipinski definition) is 0. The van der Waals surface area contributed by atoms with Crippen molar-refractivity contribution in [2.45, 2.75) is 43.7 Å². The van der Waals surface area contributed by atoms with E-state index >= 15 is 0 Å². The lowest BCUT2D eigenvalue weighted by Gasteiger charge is -2.19. The molecule has 26 heavy (non-hydrogen) atoms. The Kier molecular flexibility index (Phi) is 4.22. The van der Waals surface area contributed by atoms with Crippen molar-refractivity contribution in [3.8, 4) is 0 Å². The number of amides is 1. The van der Waals surface area contributed by atoms with E-state index in [0.717, 1.165) is 6.07 Å². The minimum Gasteiger partial charge on any atom is -0.423 e. The van der Waals surface area contributed by atoms with Crippen LogP contribution in [0.2, 0.25) is 0 Å². The predicted molar refractivity (Wildman–Crippen MR) is 86.3 cm³/mol. The second kappa shape index (κ2) is 6.42. The molecule has 4 rings (SSSR count). The van der Waals surface area contributed by atoms with Crippen molar-refractivity contribution in [3.05, 3.63) is 47.2 Å². The molecular formula is C18H19F2N3O3. The van der Waals surface area contributed by atoms with Gasteiger partial charge in [-0.25, -0.2) is 8.78 Å². The lowest BCUT2D eigenvalue weighted by Crippen LogP contribution is -2.29. The summed E-state index contributed by atoms with van der Waals surface area (Å²) in [6.07, 6.45) is 1.14. The maximum Gasteiger partial charge on any atom is 0.239 e. The molecule has 1 aromatic heterocycles. The van der Waals surface area contributed by atoms with Gasteiger partial charge in [0.05, 0.1) is 6.10 Å². The van der Waals surface area contributed by atoms with Gasteiger partial charge in [0, 0.05) is 32.9 Å². The Morgan fingerprint density at radius 2 is 2.00 bits per heavy atom. The summed E-state index contributed by atoms with van der Waals surface area (Å²) in [4.78, 5) is 13.5. The third kappa shape index (κ3) is 2.88. The van der Waals surface area contributed by atoms with E-state index in [1.165, 1.54) is 13.0 Å². The molecule has 1 saturated carbocycles. The molecule has 138 valence electrons. The van der Waals surface area contributed by atoms with Crippen LogP contribution in [0.4, 0.5) is 8.78 Å². The highest BCUT2D eigenvalue weighted by Gasteiger charge is 2.46. The molecule has 2 fully saturated rings. The molecule has 6 nitrogen and oxygen atoms in total. The molecule has 1 amide bonds. The van der Waals surface area contributed by atoms with Gasteiger partial charge in [-0.3, -0.25) is 4.79 Å². The highest BCUT2D eigenvalue weighted by Crippen LogP contribution is 2.55. The van der Waals surface area contributed by atoms with Crippen LogP contribution < -0.4 is 0 Å². The van der Waals surface area contributed by atoms with Gasteiger partial charge in [0.15, 0.2) is 11.6 Å². The molecule has 1 aliphatic heterocycles. The predicted octanol–water partition coefficient (Wildman–Crippen LogP) is 2.93. The Labute approximate surface area is 149 Å². The Hall–Kier alpha value is -2.35. The van der Waals surface area contributed by atoms with E-state index in [0.29, 0.717) is 36.7 Å². The smallest absolute Gasteiger partial charge is 0.239 e. The van der Waals surface area contributed by atoms with E-state index in [9.17, 15) is 13.6 Å². The lowest BCUT2D eigenvalue weighted by molar-refractivity contribution is -0.130. The number of hydrogen-bond acceptors (Lipinski definition) is 5. The van der Waals surface area contributed by atoms with Crippen LogP contribution in [-0.4, -0.2) is 40.8 Å². The van der Waals surface area contributed by atoms with Gasteiger partial charge in [-0.1, -0.05) is 12.1 Å². The summed E-state index contributed by atoms with van der Waals surface area (Å²) in [5.74, 6) is -1.29. The third-order valence-corrected chi connectivity index (χ3v) is 5.23. The first-order chi connectivity index (χ1) is 12.5. The minimum absolute atomic E-state index is 0.0747. The molecule has 2 heterocycles. The molecule has 0 bridgehead atoms. The van der Waals surface area contributed by atoms with Crippen LogP contribution in [0.15, 0.2) is 22.6 Å². The zero-order chi connectivity index (χ0) is 18.4. The second-order valence-electron chi connectivity index (χ2n) is 6.85. The van der Waals surface area contributed by atoms with Gasteiger partial charge in [-0.15, -0.1) is 10.2 Å². The topological polar surface area (TPSA) is 68.5 Å². The minimum atomic E-state index is -0.854. The highest BCUT2D eigenvalue weighted by molar-refractivity contribution is 5.74.